The molecule has 8 nitrogen and oxygen atoms in total. The molecule has 0 atom stereocenters. The molecule has 0 bridgehead atoms. The van der Waals surface area contributed by atoms with Gasteiger partial charge in [-0.25, -0.2) is 9.78 Å². The van der Waals surface area contributed by atoms with Crippen LogP contribution in [0, 0.1) is 11.3 Å². The van der Waals surface area contributed by atoms with Crippen LogP contribution in [0.1, 0.15) is 26.3 Å². The van der Waals surface area contributed by atoms with Crippen molar-refractivity contribution in [2.24, 2.45) is 0 Å². The molecule has 35 heavy (non-hydrogen) atoms. The summed E-state index contributed by atoms with van der Waals surface area (Å²) in [6.07, 6.45) is -0.155. The van der Waals surface area contributed by atoms with Crippen molar-refractivity contribution < 1.29 is 9.53 Å². The molecule has 4 aromatic rings. The fourth-order valence-corrected chi connectivity index (χ4v) is 3.39. The number of ether oxygens (including phenoxy) is 1. The second-order valence-corrected chi connectivity index (χ2v) is 8.90. The minimum Gasteiger partial charge on any atom is -0.444 e. The Morgan fingerprint density at radius 2 is 1.66 bits per heavy atom. The van der Waals surface area contributed by atoms with Crippen molar-refractivity contribution >= 4 is 45.8 Å². The predicted molar refractivity (Wildman–Crippen MR) is 138 cm³/mol. The van der Waals surface area contributed by atoms with Gasteiger partial charge in [0.15, 0.2) is 0 Å². The molecule has 0 aliphatic carbocycles. The summed E-state index contributed by atoms with van der Waals surface area (Å²) < 4.78 is 5.34. The summed E-state index contributed by atoms with van der Waals surface area (Å²) in [6, 6.07) is 24.8. The Hall–Kier alpha value is -4.64. The third-order valence-corrected chi connectivity index (χ3v) is 4.87. The number of benzene rings is 3. The Bertz CT molecular complexity index is 1390. The standard InChI is InChI=1S/C27H26N6O2/c1-27(2,3)35-26(34)31-21-8-6-7-20(17-21)29-24-22-9-4-5-10-23(22)32-25(33-24)30-19-13-11-18(12-14-19)15-16-28/h4-14,17H,15H2,1-3H3,(H,31,34)(H2,29,30,32,33). The lowest BCUT2D eigenvalue weighted by Crippen LogP contribution is -2.27. The van der Waals surface area contributed by atoms with Crippen LogP contribution < -0.4 is 16.0 Å². The van der Waals surface area contributed by atoms with E-state index in [1.807, 2.05) is 87.5 Å². The second-order valence-electron chi connectivity index (χ2n) is 8.90. The number of para-hydroxylation sites is 1. The molecule has 8 heteroatoms. The number of nitrogens with zero attached hydrogens (tertiary/aromatic N) is 3. The van der Waals surface area contributed by atoms with E-state index in [9.17, 15) is 4.79 Å². The van der Waals surface area contributed by atoms with E-state index in [1.165, 1.54) is 0 Å². The number of nitrogens with one attached hydrogen (secondary N) is 3. The molecular formula is C27H26N6O2. The normalized spacial score (nSPS) is 10.9. The van der Waals surface area contributed by atoms with E-state index in [0.717, 1.165) is 27.8 Å². The molecule has 3 aromatic carbocycles. The van der Waals surface area contributed by atoms with Crippen LogP contribution in [-0.2, 0) is 11.2 Å². The van der Waals surface area contributed by atoms with Crippen LogP contribution in [0.5, 0.6) is 0 Å². The molecule has 0 aliphatic rings. The Kier molecular flexibility index (Phi) is 6.78. The molecule has 0 radical (unpaired) electrons. The number of carbonyl (C=O) groups is 1. The van der Waals surface area contributed by atoms with Crippen LogP contribution in [0.4, 0.5) is 33.6 Å². The number of nitriles is 1. The number of rotatable bonds is 6. The molecule has 1 aromatic heterocycles. The third kappa shape index (κ3) is 6.45. The molecule has 0 fully saturated rings. The first kappa shape index (κ1) is 23.5. The summed E-state index contributed by atoms with van der Waals surface area (Å²) in [6.45, 7) is 5.45. The van der Waals surface area contributed by atoms with Crippen LogP contribution in [0.3, 0.4) is 0 Å². The average Bonchev–Trinajstić information content (AvgIpc) is 2.79. The molecule has 0 saturated carbocycles. The van der Waals surface area contributed by atoms with Crippen LogP contribution >= 0.6 is 0 Å². The summed E-state index contributed by atoms with van der Waals surface area (Å²) in [5.41, 5.74) is 3.29. The van der Waals surface area contributed by atoms with Gasteiger partial charge in [0.1, 0.15) is 11.4 Å². The highest BCUT2D eigenvalue weighted by Crippen LogP contribution is 2.27. The van der Waals surface area contributed by atoms with Crippen molar-refractivity contribution in [3.63, 3.8) is 0 Å². The first-order valence-corrected chi connectivity index (χ1v) is 11.2. The topological polar surface area (TPSA) is 112 Å². The van der Waals surface area contributed by atoms with Gasteiger partial charge < -0.3 is 15.4 Å². The number of hydrogen-bond donors (Lipinski definition) is 3. The quantitative estimate of drug-likeness (QED) is 0.296. The van der Waals surface area contributed by atoms with Gasteiger partial charge >= 0.3 is 6.09 Å². The number of anilines is 5. The summed E-state index contributed by atoms with van der Waals surface area (Å²) in [5, 5.41) is 19.0. The average molecular weight is 467 g/mol. The molecule has 1 amide bonds. The van der Waals surface area contributed by atoms with E-state index in [2.05, 4.69) is 27.0 Å². The first-order chi connectivity index (χ1) is 16.8. The van der Waals surface area contributed by atoms with Crippen molar-refractivity contribution in [3.05, 3.63) is 78.4 Å². The van der Waals surface area contributed by atoms with Gasteiger partial charge in [0.25, 0.3) is 0 Å². The SMILES string of the molecule is CC(C)(C)OC(=O)Nc1cccc(Nc2nc(Nc3ccc(CC#N)cc3)nc3ccccc23)c1. The van der Waals surface area contributed by atoms with Gasteiger partial charge in [-0.05, 0) is 68.8 Å². The van der Waals surface area contributed by atoms with Gasteiger partial charge in [-0.1, -0.05) is 30.3 Å². The maximum Gasteiger partial charge on any atom is 0.412 e. The Balaban J connectivity index is 1.58. The smallest absolute Gasteiger partial charge is 0.412 e. The molecule has 176 valence electrons. The monoisotopic (exact) mass is 466 g/mol. The Morgan fingerprint density at radius 1 is 0.914 bits per heavy atom. The summed E-state index contributed by atoms with van der Waals surface area (Å²) in [4.78, 5) is 21.5. The van der Waals surface area contributed by atoms with Crippen molar-refractivity contribution in [2.45, 2.75) is 32.8 Å². The van der Waals surface area contributed by atoms with E-state index < -0.39 is 11.7 Å². The summed E-state index contributed by atoms with van der Waals surface area (Å²) in [5.74, 6) is 1.05. The molecule has 0 unspecified atom stereocenters. The molecule has 4 rings (SSSR count). The lowest BCUT2D eigenvalue weighted by molar-refractivity contribution is 0.0636. The zero-order valence-corrected chi connectivity index (χ0v) is 19.8. The molecular weight excluding hydrogens is 440 g/mol. The number of fused-ring (bicyclic) bond motifs is 1. The summed E-state index contributed by atoms with van der Waals surface area (Å²) in [7, 11) is 0. The van der Waals surface area contributed by atoms with Crippen LogP contribution in [-0.4, -0.2) is 21.7 Å². The highest BCUT2D eigenvalue weighted by molar-refractivity contribution is 5.92. The zero-order valence-electron chi connectivity index (χ0n) is 19.8. The van der Waals surface area contributed by atoms with E-state index in [0.29, 0.717) is 23.9 Å². The Morgan fingerprint density at radius 3 is 2.40 bits per heavy atom. The fourth-order valence-electron chi connectivity index (χ4n) is 3.39. The van der Waals surface area contributed by atoms with Gasteiger partial charge in [-0.2, -0.15) is 10.2 Å². The number of aromatic nitrogens is 2. The van der Waals surface area contributed by atoms with Gasteiger partial charge in [0.2, 0.25) is 5.95 Å². The zero-order chi connectivity index (χ0) is 24.8. The second kappa shape index (κ2) is 10.1. The minimum atomic E-state index is -0.584. The van der Waals surface area contributed by atoms with E-state index in [4.69, 9.17) is 15.0 Å². The van der Waals surface area contributed by atoms with Gasteiger partial charge in [0.05, 0.1) is 18.0 Å². The van der Waals surface area contributed by atoms with Crippen LogP contribution in [0.2, 0.25) is 0 Å². The lowest BCUT2D eigenvalue weighted by atomic mass is 10.1. The Labute approximate surface area is 204 Å². The third-order valence-electron chi connectivity index (χ3n) is 4.87. The number of amides is 1. The van der Waals surface area contributed by atoms with Crippen molar-refractivity contribution in [2.75, 3.05) is 16.0 Å². The predicted octanol–water partition coefficient (Wildman–Crippen LogP) is 6.53. The molecule has 3 N–H and O–H groups in total. The summed E-state index contributed by atoms with van der Waals surface area (Å²) >= 11 is 0. The van der Waals surface area contributed by atoms with Crippen LogP contribution in [0.25, 0.3) is 10.9 Å². The van der Waals surface area contributed by atoms with Crippen LogP contribution in [0.15, 0.2) is 72.8 Å². The van der Waals surface area contributed by atoms with Crippen molar-refractivity contribution in [1.82, 2.24) is 9.97 Å². The molecule has 0 saturated heterocycles. The maximum absolute atomic E-state index is 12.1. The van der Waals surface area contributed by atoms with E-state index >= 15 is 0 Å². The van der Waals surface area contributed by atoms with E-state index in [1.54, 1.807) is 6.07 Å². The highest BCUT2D eigenvalue weighted by Gasteiger charge is 2.16. The molecule has 1 heterocycles. The number of hydrogen-bond acceptors (Lipinski definition) is 7. The fraction of sp³-hybridized carbons (Fsp3) is 0.185. The first-order valence-electron chi connectivity index (χ1n) is 11.2. The van der Waals surface area contributed by atoms with Gasteiger partial charge in [-0.3, -0.25) is 5.32 Å². The molecule has 0 aliphatic heterocycles. The van der Waals surface area contributed by atoms with Gasteiger partial charge in [-0.15, -0.1) is 0 Å². The lowest BCUT2D eigenvalue weighted by Gasteiger charge is -2.20. The highest BCUT2D eigenvalue weighted by atomic mass is 16.6. The molecule has 0 spiro atoms. The van der Waals surface area contributed by atoms with Gasteiger partial charge in [0, 0.05) is 22.4 Å². The van der Waals surface area contributed by atoms with E-state index in [-0.39, 0.29) is 0 Å². The largest absolute Gasteiger partial charge is 0.444 e. The minimum absolute atomic E-state index is 0.364. The van der Waals surface area contributed by atoms with Crippen molar-refractivity contribution in [1.29, 1.82) is 5.26 Å². The number of carbonyl (C=O) groups excluding carboxylic acids is 1. The van der Waals surface area contributed by atoms with Crippen molar-refractivity contribution in [3.8, 4) is 6.07 Å². The maximum atomic E-state index is 12.1.